The standard InChI is InChI=1S/C17H25N5O4/c1-16(2,3)26-15(24)21-9-6-17(5-8-18,7-10-21)22-11-12(13(19)20-22)14(23)25-4/h11H,5-7,9-10H2,1-4H3,(H2,19,20). The molecule has 0 unspecified atom stereocenters. The number of carbonyl (C=O) groups is 2. The molecule has 1 aromatic heterocycles. The van der Waals surface area contributed by atoms with E-state index in [1.165, 1.54) is 13.3 Å². The van der Waals surface area contributed by atoms with Crippen LogP contribution in [0.5, 0.6) is 0 Å². The number of hydrogen-bond donors (Lipinski definition) is 1. The highest BCUT2D eigenvalue weighted by Crippen LogP contribution is 2.34. The molecule has 142 valence electrons. The Labute approximate surface area is 152 Å². The maximum Gasteiger partial charge on any atom is 0.410 e. The number of amides is 1. The number of aromatic nitrogens is 2. The fourth-order valence-corrected chi connectivity index (χ4v) is 2.96. The van der Waals surface area contributed by atoms with E-state index in [0.29, 0.717) is 25.9 Å². The molecule has 0 radical (unpaired) electrons. The van der Waals surface area contributed by atoms with Crippen molar-refractivity contribution in [2.24, 2.45) is 0 Å². The number of piperidine rings is 1. The van der Waals surface area contributed by atoms with Gasteiger partial charge < -0.3 is 20.1 Å². The lowest BCUT2D eigenvalue weighted by atomic mass is 9.85. The number of nitrogens with zero attached hydrogens (tertiary/aromatic N) is 4. The molecule has 0 saturated carbocycles. The summed E-state index contributed by atoms with van der Waals surface area (Å²) in [6, 6.07) is 2.18. The van der Waals surface area contributed by atoms with E-state index < -0.39 is 17.1 Å². The third kappa shape index (κ3) is 4.07. The van der Waals surface area contributed by atoms with Gasteiger partial charge in [0.15, 0.2) is 5.82 Å². The first kappa shape index (κ1) is 19.6. The Hall–Kier alpha value is -2.76. The van der Waals surface area contributed by atoms with Crippen molar-refractivity contribution in [3.63, 3.8) is 0 Å². The zero-order valence-electron chi connectivity index (χ0n) is 15.6. The van der Waals surface area contributed by atoms with E-state index in [4.69, 9.17) is 15.2 Å². The van der Waals surface area contributed by atoms with Gasteiger partial charge in [-0.2, -0.15) is 10.4 Å². The molecule has 1 aromatic rings. The largest absolute Gasteiger partial charge is 0.465 e. The van der Waals surface area contributed by atoms with Crippen LogP contribution in [0.25, 0.3) is 0 Å². The van der Waals surface area contributed by atoms with Gasteiger partial charge in [0.2, 0.25) is 0 Å². The van der Waals surface area contributed by atoms with Crippen LogP contribution in [-0.4, -0.2) is 52.5 Å². The van der Waals surface area contributed by atoms with Gasteiger partial charge in [-0.05, 0) is 33.6 Å². The van der Waals surface area contributed by atoms with Crippen LogP contribution in [0, 0.1) is 11.3 Å². The van der Waals surface area contributed by atoms with E-state index in [9.17, 15) is 14.9 Å². The Morgan fingerprint density at radius 1 is 1.38 bits per heavy atom. The number of likely N-dealkylation sites (tertiary alicyclic amines) is 1. The monoisotopic (exact) mass is 363 g/mol. The second kappa shape index (κ2) is 7.23. The summed E-state index contributed by atoms with van der Waals surface area (Å²) >= 11 is 0. The van der Waals surface area contributed by atoms with E-state index in [1.54, 1.807) is 9.58 Å². The van der Waals surface area contributed by atoms with E-state index >= 15 is 0 Å². The zero-order valence-corrected chi connectivity index (χ0v) is 15.6. The van der Waals surface area contributed by atoms with Crippen molar-refractivity contribution in [3.05, 3.63) is 11.8 Å². The van der Waals surface area contributed by atoms with Gasteiger partial charge in [-0.3, -0.25) is 4.68 Å². The van der Waals surface area contributed by atoms with Crippen LogP contribution in [0.1, 0.15) is 50.4 Å². The third-order valence-corrected chi connectivity index (χ3v) is 4.39. The van der Waals surface area contributed by atoms with E-state index in [1.807, 2.05) is 20.8 Å². The zero-order chi connectivity index (χ0) is 19.5. The van der Waals surface area contributed by atoms with Crippen molar-refractivity contribution in [2.75, 3.05) is 25.9 Å². The number of rotatable bonds is 3. The molecule has 1 aliphatic rings. The van der Waals surface area contributed by atoms with Crippen molar-refractivity contribution in [2.45, 2.75) is 51.2 Å². The minimum atomic E-state index is -0.631. The SMILES string of the molecule is COC(=O)c1cn(C2(CC#N)CCN(C(=O)OC(C)(C)C)CC2)nc1N. The fourth-order valence-electron chi connectivity index (χ4n) is 2.96. The normalized spacial score (nSPS) is 16.7. The topological polar surface area (TPSA) is 123 Å². The van der Waals surface area contributed by atoms with Crippen LogP contribution in [-0.2, 0) is 15.0 Å². The minimum absolute atomic E-state index is 0.0590. The Kier molecular flexibility index (Phi) is 5.44. The van der Waals surface area contributed by atoms with Gasteiger partial charge in [0.25, 0.3) is 0 Å². The molecule has 9 heteroatoms. The molecule has 2 rings (SSSR count). The number of anilines is 1. The molecule has 1 amide bonds. The number of esters is 1. The quantitative estimate of drug-likeness (QED) is 0.813. The van der Waals surface area contributed by atoms with Crippen molar-refractivity contribution < 1.29 is 19.1 Å². The van der Waals surface area contributed by atoms with Crippen LogP contribution in [0.3, 0.4) is 0 Å². The molecule has 1 aliphatic heterocycles. The highest BCUT2D eigenvalue weighted by atomic mass is 16.6. The highest BCUT2D eigenvalue weighted by Gasteiger charge is 2.40. The lowest BCUT2D eigenvalue weighted by Crippen LogP contribution is -2.49. The van der Waals surface area contributed by atoms with Crippen molar-refractivity contribution in [3.8, 4) is 6.07 Å². The molecule has 0 spiro atoms. The Morgan fingerprint density at radius 3 is 2.50 bits per heavy atom. The fraction of sp³-hybridized carbons (Fsp3) is 0.647. The summed E-state index contributed by atoms with van der Waals surface area (Å²) in [5.74, 6) is -0.518. The molecule has 0 aliphatic carbocycles. The van der Waals surface area contributed by atoms with E-state index in [-0.39, 0.29) is 23.9 Å². The maximum atomic E-state index is 12.2. The highest BCUT2D eigenvalue weighted by molar-refractivity contribution is 5.93. The van der Waals surface area contributed by atoms with E-state index in [2.05, 4.69) is 11.2 Å². The second-order valence-electron chi connectivity index (χ2n) is 7.39. The molecule has 1 saturated heterocycles. The first-order valence-corrected chi connectivity index (χ1v) is 8.41. The predicted octanol–water partition coefficient (Wildman–Crippen LogP) is 1.89. The number of hydrogen-bond acceptors (Lipinski definition) is 7. The number of ether oxygens (including phenoxy) is 2. The predicted molar refractivity (Wildman–Crippen MR) is 93.2 cm³/mol. The molecule has 9 nitrogen and oxygen atoms in total. The Balaban J connectivity index is 2.20. The summed E-state index contributed by atoms with van der Waals surface area (Å²) < 4.78 is 11.7. The average molecular weight is 363 g/mol. The lowest BCUT2D eigenvalue weighted by molar-refractivity contribution is 0.0105. The molecule has 0 atom stereocenters. The first-order valence-electron chi connectivity index (χ1n) is 8.41. The summed E-state index contributed by atoms with van der Waals surface area (Å²) in [5.41, 5.74) is 4.79. The molecule has 1 fully saturated rings. The molecule has 2 N–H and O–H groups in total. The molecular weight excluding hydrogens is 338 g/mol. The molecule has 0 bridgehead atoms. The molecular formula is C17H25N5O4. The first-order chi connectivity index (χ1) is 12.1. The molecule has 0 aromatic carbocycles. The van der Waals surface area contributed by atoms with Gasteiger partial charge in [0.1, 0.15) is 11.2 Å². The van der Waals surface area contributed by atoms with Crippen LogP contribution in [0.2, 0.25) is 0 Å². The van der Waals surface area contributed by atoms with Gasteiger partial charge in [-0.15, -0.1) is 0 Å². The van der Waals surface area contributed by atoms with Crippen molar-refractivity contribution >= 4 is 17.9 Å². The summed E-state index contributed by atoms with van der Waals surface area (Å²) in [4.78, 5) is 25.6. The number of nitrogens with two attached hydrogens (primary N) is 1. The van der Waals surface area contributed by atoms with Gasteiger partial charge in [0.05, 0.1) is 25.1 Å². The summed E-state index contributed by atoms with van der Waals surface area (Å²) in [6.07, 6.45) is 2.33. The third-order valence-electron chi connectivity index (χ3n) is 4.39. The Bertz CT molecular complexity index is 720. The maximum absolute atomic E-state index is 12.2. The molecule has 26 heavy (non-hydrogen) atoms. The molecule has 2 heterocycles. The van der Waals surface area contributed by atoms with Gasteiger partial charge in [-0.25, -0.2) is 9.59 Å². The number of methoxy groups -OCH3 is 1. The van der Waals surface area contributed by atoms with Crippen LogP contribution in [0.4, 0.5) is 10.6 Å². The lowest BCUT2D eigenvalue weighted by Gasteiger charge is -2.40. The van der Waals surface area contributed by atoms with Crippen molar-refractivity contribution in [1.82, 2.24) is 14.7 Å². The van der Waals surface area contributed by atoms with Gasteiger partial charge in [0, 0.05) is 19.3 Å². The van der Waals surface area contributed by atoms with Crippen LogP contribution >= 0.6 is 0 Å². The van der Waals surface area contributed by atoms with Crippen LogP contribution < -0.4 is 5.73 Å². The van der Waals surface area contributed by atoms with Gasteiger partial charge in [-0.1, -0.05) is 0 Å². The smallest absolute Gasteiger partial charge is 0.410 e. The van der Waals surface area contributed by atoms with Crippen LogP contribution in [0.15, 0.2) is 6.20 Å². The van der Waals surface area contributed by atoms with Gasteiger partial charge >= 0.3 is 12.1 Å². The summed E-state index contributed by atoms with van der Waals surface area (Å²) in [6.45, 7) is 6.29. The summed E-state index contributed by atoms with van der Waals surface area (Å²) in [7, 11) is 1.27. The summed E-state index contributed by atoms with van der Waals surface area (Å²) in [5, 5.41) is 13.5. The number of nitrogen functional groups attached to an aromatic ring is 1. The minimum Gasteiger partial charge on any atom is -0.465 e. The number of carbonyl (C=O) groups excluding carboxylic acids is 2. The Morgan fingerprint density at radius 2 is 2.00 bits per heavy atom. The average Bonchev–Trinajstić information content (AvgIpc) is 2.96. The van der Waals surface area contributed by atoms with E-state index in [0.717, 1.165) is 0 Å². The van der Waals surface area contributed by atoms with Crippen molar-refractivity contribution in [1.29, 1.82) is 5.26 Å². The number of nitriles is 1. The second-order valence-corrected chi connectivity index (χ2v) is 7.39.